The van der Waals surface area contributed by atoms with Gasteiger partial charge in [-0.1, -0.05) is 6.92 Å². The van der Waals surface area contributed by atoms with Crippen molar-refractivity contribution >= 4 is 33.2 Å². The zero-order chi connectivity index (χ0) is 17.0. The van der Waals surface area contributed by atoms with E-state index in [4.69, 9.17) is 5.26 Å². The van der Waals surface area contributed by atoms with Crippen LogP contribution in [0.1, 0.15) is 12.5 Å². The lowest BCUT2D eigenvalue weighted by Crippen LogP contribution is -2.25. The molecule has 0 aliphatic heterocycles. The molecular weight excluding hydrogens is 366 g/mol. The maximum Gasteiger partial charge on any atom is 0.270 e. The molecular formula is C14H12BrN5O3. The van der Waals surface area contributed by atoms with Crippen LogP contribution in [0.4, 0.5) is 11.4 Å². The highest BCUT2D eigenvalue weighted by Gasteiger charge is 2.17. The zero-order valence-corrected chi connectivity index (χ0v) is 13.6. The molecule has 1 unspecified atom stereocenters. The van der Waals surface area contributed by atoms with Crippen molar-refractivity contribution in [3.8, 4) is 6.07 Å². The number of amides is 1. The molecule has 0 aliphatic carbocycles. The summed E-state index contributed by atoms with van der Waals surface area (Å²) >= 11 is 3.28. The first-order chi connectivity index (χ1) is 10.9. The molecule has 0 saturated heterocycles. The van der Waals surface area contributed by atoms with Crippen LogP contribution in [0.3, 0.4) is 0 Å². The third-order valence-electron chi connectivity index (χ3n) is 3.10. The van der Waals surface area contributed by atoms with Crippen molar-refractivity contribution in [2.24, 2.45) is 5.92 Å². The van der Waals surface area contributed by atoms with Gasteiger partial charge in [-0.15, -0.1) is 0 Å². The summed E-state index contributed by atoms with van der Waals surface area (Å²) in [6.45, 7) is 2.09. The second-order valence-corrected chi connectivity index (χ2v) is 5.79. The van der Waals surface area contributed by atoms with Crippen LogP contribution < -0.4 is 5.32 Å². The average Bonchev–Trinajstić information content (AvgIpc) is 2.92. The number of nitro groups is 1. The molecule has 23 heavy (non-hydrogen) atoms. The van der Waals surface area contributed by atoms with Crippen molar-refractivity contribution in [3.63, 3.8) is 0 Å². The van der Waals surface area contributed by atoms with Gasteiger partial charge in [-0.25, -0.2) is 0 Å². The summed E-state index contributed by atoms with van der Waals surface area (Å²) in [5.41, 5.74) is 0.0900. The number of nitriles is 1. The van der Waals surface area contributed by atoms with Gasteiger partial charge in [-0.3, -0.25) is 19.6 Å². The first-order valence-corrected chi connectivity index (χ1v) is 7.37. The van der Waals surface area contributed by atoms with E-state index in [0.717, 1.165) is 10.5 Å². The summed E-state index contributed by atoms with van der Waals surface area (Å²) < 4.78 is 2.43. The van der Waals surface area contributed by atoms with E-state index in [-0.39, 0.29) is 22.8 Å². The van der Waals surface area contributed by atoms with Crippen molar-refractivity contribution in [3.05, 3.63) is 50.7 Å². The van der Waals surface area contributed by atoms with Gasteiger partial charge in [0.05, 0.1) is 39.3 Å². The van der Waals surface area contributed by atoms with Gasteiger partial charge in [0.15, 0.2) is 0 Å². The van der Waals surface area contributed by atoms with E-state index in [1.165, 1.54) is 12.1 Å². The first kappa shape index (κ1) is 16.6. The summed E-state index contributed by atoms with van der Waals surface area (Å²) in [5, 5.41) is 26.5. The van der Waals surface area contributed by atoms with E-state index >= 15 is 0 Å². The molecule has 1 heterocycles. The number of aromatic nitrogens is 2. The van der Waals surface area contributed by atoms with Crippen molar-refractivity contribution in [2.45, 2.75) is 13.5 Å². The topological polar surface area (TPSA) is 114 Å². The number of halogens is 1. The number of non-ortho nitro benzene ring substituents is 1. The molecule has 1 atom stereocenters. The molecule has 0 saturated carbocycles. The molecule has 0 aliphatic rings. The van der Waals surface area contributed by atoms with E-state index in [9.17, 15) is 14.9 Å². The number of rotatable bonds is 5. The standard InChI is InChI=1S/C14H12BrN5O3/c1-9(7-19-8-11(15)6-17-19)14(21)18-13-3-2-12(20(22)23)4-10(13)5-16/h2-4,6,8-9H,7H2,1H3,(H,18,21). The molecule has 1 aromatic carbocycles. The normalized spacial score (nSPS) is 11.5. The Morgan fingerprint density at radius 3 is 2.91 bits per heavy atom. The predicted octanol–water partition coefficient (Wildman–Crippen LogP) is 2.70. The minimum absolute atomic E-state index is 0.0431. The highest BCUT2D eigenvalue weighted by atomic mass is 79.9. The lowest BCUT2D eigenvalue weighted by molar-refractivity contribution is -0.384. The van der Waals surface area contributed by atoms with Crippen LogP contribution in [0.2, 0.25) is 0 Å². The minimum Gasteiger partial charge on any atom is -0.325 e. The average molecular weight is 378 g/mol. The fourth-order valence-electron chi connectivity index (χ4n) is 1.90. The lowest BCUT2D eigenvalue weighted by Gasteiger charge is -2.13. The van der Waals surface area contributed by atoms with Crippen LogP contribution in [0.25, 0.3) is 0 Å². The summed E-state index contributed by atoms with van der Waals surface area (Å²) in [6.07, 6.45) is 3.37. The van der Waals surface area contributed by atoms with E-state index in [2.05, 4.69) is 26.3 Å². The van der Waals surface area contributed by atoms with Crippen molar-refractivity contribution in [2.75, 3.05) is 5.32 Å². The monoisotopic (exact) mass is 377 g/mol. The van der Waals surface area contributed by atoms with Gasteiger partial charge in [0.2, 0.25) is 5.91 Å². The Morgan fingerprint density at radius 2 is 2.35 bits per heavy atom. The zero-order valence-electron chi connectivity index (χ0n) is 12.1. The smallest absolute Gasteiger partial charge is 0.270 e. The van der Waals surface area contributed by atoms with Crippen LogP contribution >= 0.6 is 15.9 Å². The number of benzene rings is 1. The molecule has 118 valence electrons. The molecule has 8 nitrogen and oxygen atoms in total. The molecule has 0 spiro atoms. The Bertz CT molecular complexity index is 796. The van der Waals surface area contributed by atoms with E-state index < -0.39 is 10.8 Å². The van der Waals surface area contributed by atoms with Gasteiger partial charge in [0, 0.05) is 18.3 Å². The van der Waals surface area contributed by atoms with Crippen molar-refractivity contribution in [1.29, 1.82) is 5.26 Å². The largest absolute Gasteiger partial charge is 0.325 e. The second-order valence-electron chi connectivity index (χ2n) is 4.87. The van der Waals surface area contributed by atoms with Crippen molar-refractivity contribution < 1.29 is 9.72 Å². The number of nitro benzene ring substituents is 1. The number of nitrogens with zero attached hydrogens (tertiary/aromatic N) is 4. The Balaban J connectivity index is 2.10. The number of hydrogen-bond acceptors (Lipinski definition) is 5. The van der Waals surface area contributed by atoms with Crippen molar-refractivity contribution in [1.82, 2.24) is 9.78 Å². The number of carbonyl (C=O) groups excluding carboxylic acids is 1. The van der Waals surface area contributed by atoms with E-state index in [0.29, 0.717) is 6.54 Å². The van der Waals surface area contributed by atoms with Gasteiger partial charge < -0.3 is 5.32 Å². The molecule has 1 amide bonds. The molecule has 1 aromatic heterocycles. The molecule has 2 aromatic rings. The highest BCUT2D eigenvalue weighted by molar-refractivity contribution is 9.10. The quantitative estimate of drug-likeness (QED) is 0.635. The summed E-state index contributed by atoms with van der Waals surface area (Å²) in [4.78, 5) is 22.3. The van der Waals surface area contributed by atoms with Crippen LogP contribution in [0, 0.1) is 27.4 Å². The molecule has 1 N–H and O–H groups in total. The number of hydrogen-bond donors (Lipinski definition) is 1. The molecule has 0 bridgehead atoms. The molecule has 0 radical (unpaired) electrons. The number of carbonyl (C=O) groups is 1. The molecule has 9 heteroatoms. The van der Waals surface area contributed by atoms with Gasteiger partial charge in [0.25, 0.3) is 5.69 Å². The van der Waals surface area contributed by atoms with Crippen LogP contribution in [0.5, 0.6) is 0 Å². The van der Waals surface area contributed by atoms with Crippen LogP contribution in [-0.2, 0) is 11.3 Å². The molecule has 0 fully saturated rings. The number of anilines is 1. The minimum atomic E-state index is -0.593. The lowest BCUT2D eigenvalue weighted by atomic mass is 10.1. The fraction of sp³-hybridized carbons (Fsp3) is 0.214. The highest BCUT2D eigenvalue weighted by Crippen LogP contribution is 2.22. The maximum atomic E-state index is 12.2. The third-order valence-corrected chi connectivity index (χ3v) is 3.51. The van der Waals surface area contributed by atoms with Gasteiger partial charge in [-0.05, 0) is 22.0 Å². The Kier molecular flexibility index (Phi) is 5.08. The van der Waals surface area contributed by atoms with Crippen LogP contribution in [-0.4, -0.2) is 20.6 Å². The van der Waals surface area contributed by atoms with E-state index in [1.54, 1.807) is 24.0 Å². The molecule has 2 rings (SSSR count). The Labute approximate surface area is 140 Å². The summed E-state index contributed by atoms with van der Waals surface area (Å²) in [7, 11) is 0. The Hall–Kier alpha value is -2.73. The Morgan fingerprint density at radius 1 is 1.61 bits per heavy atom. The van der Waals surface area contributed by atoms with Gasteiger partial charge in [-0.2, -0.15) is 10.4 Å². The number of nitrogens with one attached hydrogen (secondary N) is 1. The fourth-order valence-corrected chi connectivity index (χ4v) is 2.23. The van der Waals surface area contributed by atoms with Crippen LogP contribution in [0.15, 0.2) is 35.1 Å². The SMILES string of the molecule is CC(Cn1cc(Br)cn1)C(=O)Nc1ccc([N+](=O)[O-])cc1C#N. The second kappa shape index (κ2) is 7.02. The first-order valence-electron chi connectivity index (χ1n) is 6.58. The maximum absolute atomic E-state index is 12.2. The third kappa shape index (κ3) is 4.14. The van der Waals surface area contributed by atoms with Gasteiger partial charge in [0.1, 0.15) is 6.07 Å². The van der Waals surface area contributed by atoms with E-state index in [1.807, 2.05) is 6.07 Å². The van der Waals surface area contributed by atoms with Gasteiger partial charge >= 0.3 is 0 Å². The summed E-state index contributed by atoms with van der Waals surface area (Å²) in [6, 6.07) is 5.57. The summed E-state index contributed by atoms with van der Waals surface area (Å²) in [5.74, 6) is -0.703. The predicted molar refractivity (Wildman–Crippen MR) is 85.5 cm³/mol.